The highest BCUT2D eigenvalue weighted by molar-refractivity contribution is 7.18. The van der Waals surface area contributed by atoms with Crippen LogP contribution in [0.5, 0.6) is 0 Å². The van der Waals surface area contributed by atoms with Crippen LogP contribution in [-0.2, 0) is 0 Å². The molecule has 0 aliphatic heterocycles. The molecule has 0 saturated heterocycles. The number of nitrogen functional groups attached to an aromatic ring is 1. The number of hydrogen-bond acceptors (Lipinski definition) is 5. The highest BCUT2D eigenvalue weighted by Gasteiger charge is 2.23. The molecule has 1 fully saturated rings. The number of hydrogen-bond donors (Lipinski definition) is 3. The van der Waals surface area contributed by atoms with Gasteiger partial charge in [-0.2, -0.15) is 5.26 Å². The number of nitriles is 1. The van der Waals surface area contributed by atoms with Gasteiger partial charge in [0.1, 0.15) is 21.5 Å². The van der Waals surface area contributed by atoms with Gasteiger partial charge in [-0.25, -0.2) is 0 Å². The van der Waals surface area contributed by atoms with Crippen LogP contribution in [0.2, 0.25) is 0 Å². The summed E-state index contributed by atoms with van der Waals surface area (Å²) >= 11 is 1.29. The second-order valence-electron chi connectivity index (χ2n) is 5.04. The second kappa shape index (κ2) is 6.62. The lowest BCUT2D eigenvalue weighted by Gasteiger charge is -2.11. The van der Waals surface area contributed by atoms with E-state index in [9.17, 15) is 10.1 Å². The van der Waals surface area contributed by atoms with Gasteiger partial charge in [0.25, 0.3) is 5.91 Å². The quantitative estimate of drug-likeness (QED) is 0.778. The summed E-state index contributed by atoms with van der Waals surface area (Å²) < 4.78 is 0. The van der Waals surface area contributed by atoms with Crippen molar-refractivity contribution >= 4 is 27.9 Å². The molecule has 1 heterocycles. The van der Waals surface area contributed by atoms with Crippen molar-refractivity contribution in [1.29, 1.82) is 5.26 Å². The number of amides is 1. The van der Waals surface area contributed by atoms with E-state index in [4.69, 9.17) is 5.73 Å². The lowest BCUT2D eigenvalue weighted by Crippen LogP contribution is -2.23. The molecule has 4 N–H and O–H groups in total. The number of nitrogens with zero attached hydrogens (tertiary/aromatic N) is 1. The largest absolute Gasteiger partial charge is 0.396 e. The maximum absolute atomic E-state index is 12.0. The van der Waals surface area contributed by atoms with Gasteiger partial charge in [-0.3, -0.25) is 4.79 Å². The molecule has 0 radical (unpaired) electrons. The van der Waals surface area contributed by atoms with Crippen LogP contribution < -0.4 is 16.4 Å². The number of nitrogens with one attached hydrogen (secondary N) is 2. The highest BCUT2D eigenvalue weighted by Crippen LogP contribution is 2.37. The summed E-state index contributed by atoms with van der Waals surface area (Å²) in [5, 5.41) is 16.2. The van der Waals surface area contributed by atoms with Gasteiger partial charge in [-0.05, 0) is 19.3 Å². The molecule has 20 heavy (non-hydrogen) atoms. The minimum absolute atomic E-state index is 0.190. The SMILES string of the molecule is CCCNC(=O)c1sc(NC2CCCC2)c(C#N)c1N. The van der Waals surface area contributed by atoms with Crippen molar-refractivity contribution in [1.82, 2.24) is 5.32 Å². The van der Waals surface area contributed by atoms with Crippen LogP contribution in [-0.4, -0.2) is 18.5 Å². The Bertz CT molecular complexity index is 526. The van der Waals surface area contributed by atoms with E-state index in [0.717, 1.165) is 24.3 Å². The average Bonchev–Trinajstić information content (AvgIpc) is 3.05. The molecule has 6 heteroatoms. The van der Waals surface area contributed by atoms with E-state index in [2.05, 4.69) is 16.7 Å². The van der Waals surface area contributed by atoms with Crippen LogP contribution in [0.25, 0.3) is 0 Å². The molecule has 2 rings (SSSR count). The van der Waals surface area contributed by atoms with E-state index in [0.29, 0.717) is 28.7 Å². The van der Waals surface area contributed by atoms with Crippen LogP contribution >= 0.6 is 11.3 Å². The molecule has 0 unspecified atom stereocenters. The predicted octanol–water partition coefficient (Wildman–Crippen LogP) is 2.70. The summed E-state index contributed by atoms with van der Waals surface area (Å²) in [5.74, 6) is -0.190. The first-order chi connectivity index (χ1) is 9.67. The van der Waals surface area contributed by atoms with Crippen molar-refractivity contribution in [2.45, 2.75) is 45.1 Å². The van der Waals surface area contributed by atoms with E-state index >= 15 is 0 Å². The van der Waals surface area contributed by atoms with Gasteiger partial charge >= 0.3 is 0 Å². The number of carbonyl (C=O) groups excluding carboxylic acids is 1. The number of anilines is 2. The summed E-state index contributed by atoms with van der Waals surface area (Å²) in [7, 11) is 0. The lowest BCUT2D eigenvalue weighted by molar-refractivity contribution is 0.0958. The summed E-state index contributed by atoms with van der Waals surface area (Å²) in [6.45, 7) is 2.61. The predicted molar refractivity (Wildman–Crippen MR) is 81.9 cm³/mol. The van der Waals surface area contributed by atoms with Gasteiger partial charge in [0.2, 0.25) is 0 Å². The Hall–Kier alpha value is -1.74. The molecule has 1 amide bonds. The summed E-state index contributed by atoms with van der Waals surface area (Å²) in [5.41, 5.74) is 6.65. The van der Waals surface area contributed by atoms with Crippen molar-refractivity contribution in [3.63, 3.8) is 0 Å². The van der Waals surface area contributed by atoms with Gasteiger partial charge in [0, 0.05) is 12.6 Å². The third-order valence-corrected chi connectivity index (χ3v) is 4.62. The minimum atomic E-state index is -0.190. The molecule has 1 aromatic rings. The Morgan fingerprint density at radius 3 is 2.80 bits per heavy atom. The van der Waals surface area contributed by atoms with Gasteiger partial charge in [0.05, 0.1) is 5.69 Å². The topological polar surface area (TPSA) is 90.9 Å². The van der Waals surface area contributed by atoms with Crippen molar-refractivity contribution in [3.05, 3.63) is 10.4 Å². The molecule has 1 saturated carbocycles. The monoisotopic (exact) mass is 292 g/mol. The normalized spacial score (nSPS) is 15.0. The third kappa shape index (κ3) is 3.05. The highest BCUT2D eigenvalue weighted by atomic mass is 32.1. The zero-order valence-corrected chi connectivity index (χ0v) is 12.5. The molecule has 5 nitrogen and oxygen atoms in total. The fraction of sp³-hybridized carbons (Fsp3) is 0.571. The van der Waals surface area contributed by atoms with Crippen LogP contribution in [0, 0.1) is 11.3 Å². The molecule has 108 valence electrons. The van der Waals surface area contributed by atoms with Gasteiger partial charge in [-0.1, -0.05) is 19.8 Å². The first-order valence-electron chi connectivity index (χ1n) is 7.04. The smallest absolute Gasteiger partial charge is 0.263 e. The zero-order valence-electron chi connectivity index (χ0n) is 11.7. The number of thiophene rings is 1. The maximum Gasteiger partial charge on any atom is 0.263 e. The molecule has 1 aliphatic rings. The van der Waals surface area contributed by atoms with Gasteiger partial charge < -0.3 is 16.4 Å². The number of nitrogens with two attached hydrogens (primary N) is 1. The summed E-state index contributed by atoms with van der Waals surface area (Å²) in [4.78, 5) is 12.5. The third-order valence-electron chi connectivity index (χ3n) is 3.49. The van der Waals surface area contributed by atoms with Crippen molar-refractivity contribution < 1.29 is 4.79 Å². The Labute approximate surface area is 123 Å². The molecule has 0 aromatic carbocycles. The molecule has 1 aliphatic carbocycles. The Morgan fingerprint density at radius 1 is 1.50 bits per heavy atom. The number of carbonyl (C=O) groups is 1. The Balaban J connectivity index is 2.19. The fourth-order valence-electron chi connectivity index (χ4n) is 2.40. The van der Waals surface area contributed by atoms with E-state index in [-0.39, 0.29) is 5.91 Å². The average molecular weight is 292 g/mol. The van der Waals surface area contributed by atoms with Crippen LogP contribution in [0.1, 0.15) is 54.3 Å². The second-order valence-corrected chi connectivity index (χ2v) is 6.06. The molecule has 0 atom stereocenters. The van der Waals surface area contributed by atoms with E-state index in [1.54, 1.807) is 0 Å². The van der Waals surface area contributed by atoms with Crippen molar-refractivity contribution in [2.24, 2.45) is 0 Å². The Kier molecular flexibility index (Phi) is 4.85. The van der Waals surface area contributed by atoms with Crippen LogP contribution in [0.4, 0.5) is 10.7 Å². The maximum atomic E-state index is 12.0. The first-order valence-corrected chi connectivity index (χ1v) is 7.86. The lowest BCUT2D eigenvalue weighted by atomic mass is 10.2. The number of rotatable bonds is 5. The van der Waals surface area contributed by atoms with Crippen molar-refractivity contribution in [2.75, 3.05) is 17.6 Å². The summed E-state index contributed by atoms with van der Waals surface area (Å²) in [6, 6.07) is 2.51. The fourth-order valence-corrected chi connectivity index (χ4v) is 3.46. The Morgan fingerprint density at radius 2 is 2.20 bits per heavy atom. The van der Waals surface area contributed by atoms with Gasteiger partial charge in [0.15, 0.2) is 0 Å². The molecular formula is C14H20N4OS. The van der Waals surface area contributed by atoms with Crippen molar-refractivity contribution in [3.8, 4) is 6.07 Å². The summed E-state index contributed by atoms with van der Waals surface area (Å²) in [6.07, 6.45) is 5.52. The van der Waals surface area contributed by atoms with E-state index in [1.165, 1.54) is 24.2 Å². The zero-order chi connectivity index (χ0) is 14.5. The minimum Gasteiger partial charge on any atom is -0.396 e. The molecule has 1 aromatic heterocycles. The standard InChI is InChI=1S/C14H20N4OS/c1-2-7-17-13(19)12-11(16)10(8-15)14(20-12)18-9-5-3-4-6-9/h9,18H,2-7,16H2,1H3,(H,17,19). The molecular weight excluding hydrogens is 272 g/mol. The van der Waals surface area contributed by atoms with Crippen LogP contribution in [0.3, 0.4) is 0 Å². The van der Waals surface area contributed by atoms with Crippen LogP contribution in [0.15, 0.2) is 0 Å². The van der Waals surface area contributed by atoms with Gasteiger partial charge in [-0.15, -0.1) is 11.3 Å². The molecule has 0 bridgehead atoms. The van der Waals surface area contributed by atoms with E-state index in [1.807, 2.05) is 6.92 Å². The first kappa shape index (κ1) is 14.7. The van der Waals surface area contributed by atoms with E-state index < -0.39 is 0 Å². The molecule has 0 spiro atoms.